The summed E-state index contributed by atoms with van der Waals surface area (Å²) in [4.78, 5) is 37.1. The maximum absolute atomic E-state index is 12.8. The van der Waals surface area contributed by atoms with Crippen molar-refractivity contribution in [2.45, 2.75) is 24.7 Å². The van der Waals surface area contributed by atoms with Gasteiger partial charge in [-0.1, -0.05) is 15.9 Å². The number of hydrogen-bond acceptors (Lipinski definition) is 7. The summed E-state index contributed by atoms with van der Waals surface area (Å²) in [6.07, 6.45) is -1.15. The number of carbonyl (C=O) groups is 3. The topological polar surface area (TPSA) is 99.1 Å². The van der Waals surface area contributed by atoms with Gasteiger partial charge in [-0.25, -0.2) is 9.59 Å². The number of benzene rings is 1. The molecule has 3 aliphatic rings. The van der Waals surface area contributed by atoms with Gasteiger partial charge in [0.2, 0.25) is 0 Å². The van der Waals surface area contributed by atoms with Crippen molar-refractivity contribution in [2.75, 3.05) is 0 Å². The van der Waals surface area contributed by atoms with Crippen molar-refractivity contribution in [2.24, 2.45) is 11.8 Å². The molecule has 0 spiro atoms. The first-order valence-electron chi connectivity index (χ1n) is 7.82. The van der Waals surface area contributed by atoms with Crippen LogP contribution in [0.5, 0.6) is 0 Å². The molecular formula is C17H11Br3O7. The van der Waals surface area contributed by atoms with Crippen LogP contribution in [0.2, 0.25) is 0 Å². The summed E-state index contributed by atoms with van der Waals surface area (Å²) in [5, 5.41) is 11.0. The summed E-state index contributed by atoms with van der Waals surface area (Å²) >= 11 is 9.93. The zero-order chi connectivity index (χ0) is 19.7. The maximum atomic E-state index is 12.8. The largest absolute Gasteiger partial charge is 0.454 e. The van der Waals surface area contributed by atoms with E-state index in [1.807, 2.05) is 0 Å². The van der Waals surface area contributed by atoms with Crippen LogP contribution in [-0.2, 0) is 23.8 Å². The van der Waals surface area contributed by atoms with E-state index in [-0.39, 0.29) is 11.1 Å². The van der Waals surface area contributed by atoms with E-state index in [1.54, 1.807) is 12.1 Å². The number of carbonyl (C=O) groups excluding carboxylic acids is 3. The molecule has 1 aromatic rings. The second kappa shape index (κ2) is 6.40. The molecule has 5 atom stereocenters. The van der Waals surface area contributed by atoms with Crippen molar-refractivity contribution in [1.29, 1.82) is 0 Å². The molecule has 10 heteroatoms. The number of hydrogen-bond donors (Lipinski definition) is 1. The van der Waals surface area contributed by atoms with Gasteiger partial charge in [-0.3, -0.25) is 4.79 Å². The molecule has 2 aliphatic heterocycles. The fourth-order valence-electron chi connectivity index (χ4n) is 3.87. The van der Waals surface area contributed by atoms with Gasteiger partial charge in [0.25, 0.3) is 0 Å². The molecule has 27 heavy (non-hydrogen) atoms. The molecule has 0 radical (unpaired) electrons. The number of ether oxygens (including phenoxy) is 3. The first-order valence-corrected chi connectivity index (χ1v) is 10.2. The van der Waals surface area contributed by atoms with Crippen molar-refractivity contribution < 1.29 is 33.7 Å². The first kappa shape index (κ1) is 19.1. The summed E-state index contributed by atoms with van der Waals surface area (Å²) in [5.41, 5.74) is -1.41. The van der Waals surface area contributed by atoms with Crippen LogP contribution in [0.4, 0.5) is 0 Å². The maximum Gasteiger partial charge on any atom is 0.340 e. The first-order chi connectivity index (χ1) is 12.6. The quantitative estimate of drug-likeness (QED) is 0.434. The van der Waals surface area contributed by atoms with E-state index < -0.39 is 47.6 Å². The van der Waals surface area contributed by atoms with Crippen LogP contribution in [0.15, 0.2) is 37.4 Å². The Morgan fingerprint density at radius 2 is 1.85 bits per heavy atom. The molecule has 1 saturated carbocycles. The molecule has 0 aromatic heterocycles. The van der Waals surface area contributed by atoms with E-state index in [9.17, 15) is 19.5 Å². The molecule has 1 saturated heterocycles. The zero-order valence-corrected chi connectivity index (χ0v) is 18.3. The highest BCUT2D eigenvalue weighted by molar-refractivity contribution is 9.11. The van der Waals surface area contributed by atoms with E-state index >= 15 is 0 Å². The van der Waals surface area contributed by atoms with Gasteiger partial charge in [0.05, 0.1) is 17.1 Å². The van der Waals surface area contributed by atoms with E-state index in [1.165, 1.54) is 6.92 Å². The Hall–Kier alpha value is -1.23. The van der Waals surface area contributed by atoms with Crippen LogP contribution in [0.3, 0.4) is 0 Å². The second-order valence-corrected chi connectivity index (χ2v) is 9.30. The summed E-state index contributed by atoms with van der Waals surface area (Å²) < 4.78 is 17.4. The Labute approximate surface area is 178 Å². The molecule has 0 unspecified atom stereocenters. The Balaban J connectivity index is 1.70. The fraction of sp³-hybridized carbons (Fsp3) is 0.353. The SMILES string of the molecule is C[C@]1(O)[C@@H](OC(=O)c2c(Br)cc(Br)cc2Br)[C@H]2OC(=O)C3=COC(=O)[C@H]1[C@@H]32. The van der Waals surface area contributed by atoms with Crippen LogP contribution in [-0.4, -0.2) is 40.8 Å². The van der Waals surface area contributed by atoms with Crippen molar-refractivity contribution in [3.05, 3.63) is 42.9 Å². The molecule has 2 fully saturated rings. The Bertz CT molecular complexity index is 900. The van der Waals surface area contributed by atoms with Gasteiger partial charge in [-0.05, 0) is 50.9 Å². The monoisotopic (exact) mass is 564 g/mol. The van der Waals surface area contributed by atoms with Gasteiger partial charge in [-0.2, -0.15) is 0 Å². The molecular weight excluding hydrogens is 556 g/mol. The average Bonchev–Trinajstić information content (AvgIpc) is 2.97. The van der Waals surface area contributed by atoms with E-state index in [0.29, 0.717) is 8.95 Å². The second-order valence-electron chi connectivity index (χ2n) is 6.68. The van der Waals surface area contributed by atoms with Crippen LogP contribution in [0.1, 0.15) is 17.3 Å². The minimum atomic E-state index is -1.77. The normalized spacial score (nSPS) is 33.9. The Kier molecular flexibility index (Phi) is 4.53. The fourth-order valence-corrected chi connectivity index (χ4v) is 6.46. The summed E-state index contributed by atoms with van der Waals surface area (Å²) in [6.45, 7) is 1.37. The van der Waals surface area contributed by atoms with Gasteiger partial charge < -0.3 is 19.3 Å². The van der Waals surface area contributed by atoms with Crippen molar-refractivity contribution in [1.82, 2.24) is 0 Å². The van der Waals surface area contributed by atoms with Crippen LogP contribution in [0.25, 0.3) is 0 Å². The molecule has 0 bridgehead atoms. The third-order valence-corrected chi connectivity index (χ3v) is 6.76. The van der Waals surface area contributed by atoms with E-state index in [0.717, 1.165) is 10.7 Å². The third-order valence-electron chi connectivity index (χ3n) is 5.06. The summed E-state index contributed by atoms with van der Waals surface area (Å²) in [7, 11) is 0. The standard InChI is InChI=1S/C17H11Br3O7/c1-17(24)11-9-6(4-25-16(11)23)14(21)26-12(9)13(17)27-15(22)10-7(19)2-5(18)3-8(10)20/h2-4,9,11-13,24H,1H3/t9-,11-,12+,13+,17-/m1/s1. The highest BCUT2D eigenvalue weighted by Gasteiger charge is 2.70. The number of rotatable bonds is 2. The number of esters is 3. The molecule has 1 aliphatic carbocycles. The Morgan fingerprint density at radius 1 is 1.22 bits per heavy atom. The highest BCUT2D eigenvalue weighted by Crippen LogP contribution is 2.53. The lowest BCUT2D eigenvalue weighted by molar-refractivity contribution is -0.162. The summed E-state index contributed by atoms with van der Waals surface area (Å²) in [6, 6.07) is 3.34. The van der Waals surface area contributed by atoms with Gasteiger partial charge in [0, 0.05) is 13.4 Å². The van der Waals surface area contributed by atoms with Crippen molar-refractivity contribution >= 4 is 65.7 Å². The average molecular weight is 567 g/mol. The zero-order valence-electron chi connectivity index (χ0n) is 13.6. The minimum Gasteiger partial charge on any atom is -0.454 e. The number of aliphatic hydroxyl groups is 1. The lowest BCUT2D eigenvalue weighted by Crippen LogP contribution is -2.49. The minimum absolute atomic E-state index is 0.162. The van der Waals surface area contributed by atoms with Gasteiger partial charge in [0.1, 0.15) is 23.9 Å². The molecule has 4 rings (SSSR count). The third kappa shape index (κ3) is 2.80. The van der Waals surface area contributed by atoms with Gasteiger partial charge >= 0.3 is 17.9 Å². The molecule has 2 heterocycles. The molecule has 1 N–H and O–H groups in total. The lowest BCUT2D eigenvalue weighted by Gasteiger charge is -2.32. The molecule has 142 valence electrons. The van der Waals surface area contributed by atoms with Crippen molar-refractivity contribution in [3.63, 3.8) is 0 Å². The molecule has 0 amide bonds. The lowest BCUT2D eigenvalue weighted by atomic mass is 9.82. The van der Waals surface area contributed by atoms with Crippen molar-refractivity contribution in [3.8, 4) is 0 Å². The smallest absolute Gasteiger partial charge is 0.340 e. The Morgan fingerprint density at radius 3 is 2.48 bits per heavy atom. The van der Waals surface area contributed by atoms with Gasteiger partial charge in [0.15, 0.2) is 6.10 Å². The van der Waals surface area contributed by atoms with Crippen LogP contribution < -0.4 is 0 Å². The van der Waals surface area contributed by atoms with Crippen LogP contribution in [0, 0.1) is 11.8 Å². The van der Waals surface area contributed by atoms with Crippen LogP contribution >= 0.6 is 47.8 Å². The van der Waals surface area contributed by atoms with E-state index in [4.69, 9.17) is 14.2 Å². The predicted octanol–water partition coefficient (Wildman–Crippen LogP) is 2.86. The van der Waals surface area contributed by atoms with E-state index in [2.05, 4.69) is 47.8 Å². The predicted molar refractivity (Wildman–Crippen MR) is 100 cm³/mol. The number of cyclic esters (lactones) is 1. The summed E-state index contributed by atoms with van der Waals surface area (Å²) in [5.74, 6) is -3.87. The highest BCUT2D eigenvalue weighted by atomic mass is 79.9. The molecule has 7 nitrogen and oxygen atoms in total. The molecule has 1 aromatic carbocycles. The number of halogens is 3. The van der Waals surface area contributed by atoms with Gasteiger partial charge in [-0.15, -0.1) is 0 Å².